The molecule has 7 heteroatoms. The zero-order chi connectivity index (χ0) is 22.8. The highest BCUT2D eigenvalue weighted by Crippen LogP contribution is 2.23. The first kappa shape index (κ1) is 21.6. The van der Waals surface area contributed by atoms with Crippen molar-refractivity contribution in [1.29, 1.82) is 0 Å². The predicted octanol–water partition coefficient (Wildman–Crippen LogP) is 5.29. The van der Waals surface area contributed by atoms with Crippen molar-refractivity contribution in [3.05, 3.63) is 82.9 Å². The van der Waals surface area contributed by atoms with Gasteiger partial charge in [0.2, 0.25) is 0 Å². The van der Waals surface area contributed by atoms with Crippen molar-refractivity contribution in [3.8, 4) is 5.69 Å². The molecule has 0 saturated carbocycles. The van der Waals surface area contributed by atoms with E-state index in [1.165, 1.54) is 5.56 Å². The lowest BCUT2D eigenvalue weighted by atomic mass is 10.0. The second-order valence-corrected chi connectivity index (χ2v) is 8.57. The molecule has 0 spiro atoms. The van der Waals surface area contributed by atoms with E-state index in [4.69, 9.17) is 12.2 Å². The second-order valence-electron chi connectivity index (χ2n) is 8.17. The van der Waals surface area contributed by atoms with Crippen LogP contribution in [0.3, 0.4) is 0 Å². The van der Waals surface area contributed by atoms with Gasteiger partial charge in [0.25, 0.3) is 5.91 Å². The molecule has 0 radical (unpaired) electrons. The summed E-state index contributed by atoms with van der Waals surface area (Å²) in [6.45, 7) is 8.27. The summed E-state index contributed by atoms with van der Waals surface area (Å²) in [6, 6.07) is 19.4. The summed E-state index contributed by atoms with van der Waals surface area (Å²) in [5.74, 6) is 0.220. The van der Waals surface area contributed by atoms with Crippen molar-refractivity contribution < 1.29 is 4.79 Å². The molecule has 3 aromatic carbocycles. The zero-order valence-electron chi connectivity index (χ0n) is 18.5. The Bertz CT molecular complexity index is 1290. The fraction of sp³-hybridized carbons (Fsp3) is 0.200. The van der Waals surface area contributed by atoms with E-state index in [-0.39, 0.29) is 11.0 Å². The Balaban J connectivity index is 1.52. The van der Waals surface area contributed by atoms with Crippen LogP contribution < -0.4 is 10.6 Å². The van der Waals surface area contributed by atoms with Gasteiger partial charge in [-0.3, -0.25) is 10.1 Å². The van der Waals surface area contributed by atoms with Gasteiger partial charge in [0.15, 0.2) is 5.11 Å². The number of fused-ring (bicyclic) bond motifs is 1. The van der Waals surface area contributed by atoms with Gasteiger partial charge in [-0.2, -0.15) is 4.80 Å². The third kappa shape index (κ3) is 4.68. The summed E-state index contributed by atoms with van der Waals surface area (Å²) in [5.41, 5.74) is 7.07. The molecule has 4 aromatic rings. The normalized spacial score (nSPS) is 11.0. The largest absolute Gasteiger partial charge is 0.332 e. The van der Waals surface area contributed by atoms with E-state index in [0.29, 0.717) is 11.5 Å². The van der Waals surface area contributed by atoms with E-state index >= 15 is 0 Å². The van der Waals surface area contributed by atoms with Crippen LogP contribution in [0.2, 0.25) is 0 Å². The van der Waals surface area contributed by atoms with Gasteiger partial charge in [0.1, 0.15) is 11.0 Å². The number of hydrogen-bond donors (Lipinski definition) is 2. The average molecular weight is 444 g/mol. The van der Waals surface area contributed by atoms with Gasteiger partial charge in [-0.05, 0) is 79.5 Å². The molecule has 0 aliphatic carbocycles. The fourth-order valence-corrected chi connectivity index (χ4v) is 3.55. The monoisotopic (exact) mass is 443 g/mol. The van der Waals surface area contributed by atoms with Crippen LogP contribution in [0, 0.1) is 13.8 Å². The summed E-state index contributed by atoms with van der Waals surface area (Å²) in [4.78, 5) is 14.1. The van der Waals surface area contributed by atoms with Crippen LogP contribution in [0.25, 0.3) is 16.7 Å². The van der Waals surface area contributed by atoms with E-state index in [1.807, 2.05) is 50.2 Å². The van der Waals surface area contributed by atoms with Crippen LogP contribution in [-0.2, 0) is 0 Å². The van der Waals surface area contributed by atoms with Gasteiger partial charge >= 0.3 is 0 Å². The number of aryl methyl sites for hydroxylation is 2. The maximum atomic E-state index is 12.4. The molecule has 4 rings (SSSR count). The Kier molecular flexibility index (Phi) is 6.01. The SMILES string of the molecule is Cc1ccc(C(=O)NC(=S)Nc2cc3nn(-c4ccc(C(C)C)cc4)nc3cc2C)cc1. The number of nitrogens with one attached hydrogen (secondary N) is 2. The first-order valence-electron chi connectivity index (χ1n) is 10.5. The molecule has 0 atom stereocenters. The van der Waals surface area contributed by atoms with E-state index in [2.05, 4.69) is 46.8 Å². The third-order valence-corrected chi connectivity index (χ3v) is 5.51. The fourth-order valence-electron chi connectivity index (χ4n) is 3.34. The summed E-state index contributed by atoms with van der Waals surface area (Å²) >= 11 is 5.35. The van der Waals surface area contributed by atoms with Crippen molar-refractivity contribution in [2.75, 3.05) is 5.32 Å². The molecule has 0 aliphatic heterocycles. The molecule has 1 aromatic heterocycles. The van der Waals surface area contributed by atoms with Crippen molar-refractivity contribution in [2.24, 2.45) is 0 Å². The topological polar surface area (TPSA) is 71.8 Å². The molecule has 32 heavy (non-hydrogen) atoms. The van der Waals surface area contributed by atoms with E-state index in [0.717, 1.165) is 33.5 Å². The summed E-state index contributed by atoms with van der Waals surface area (Å²) in [5, 5.41) is 15.3. The van der Waals surface area contributed by atoms with Gasteiger partial charge < -0.3 is 5.32 Å². The highest BCUT2D eigenvalue weighted by atomic mass is 32.1. The third-order valence-electron chi connectivity index (χ3n) is 5.31. The minimum atomic E-state index is -0.253. The zero-order valence-corrected chi connectivity index (χ0v) is 19.3. The van der Waals surface area contributed by atoms with Crippen molar-refractivity contribution in [1.82, 2.24) is 20.3 Å². The highest BCUT2D eigenvalue weighted by molar-refractivity contribution is 7.80. The Labute approximate surface area is 192 Å². The standard InChI is InChI=1S/C25H25N5OS/c1-15(2)18-9-11-20(12-10-18)30-28-22-13-17(4)21(14-23(22)29-30)26-25(32)27-24(31)19-7-5-16(3)6-8-19/h5-15H,1-4H3,(H2,26,27,31,32). The van der Waals surface area contributed by atoms with Gasteiger partial charge in [-0.1, -0.05) is 43.7 Å². The molecule has 162 valence electrons. The van der Waals surface area contributed by atoms with Gasteiger partial charge in [-0.15, -0.1) is 10.2 Å². The van der Waals surface area contributed by atoms with Crippen LogP contribution in [0.1, 0.15) is 46.8 Å². The lowest BCUT2D eigenvalue weighted by Gasteiger charge is -2.11. The number of benzene rings is 3. The van der Waals surface area contributed by atoms with Gasteiger partial charge in [0.05, 0.1) is 5.69 Å². The van der Waals surface area contributed by atoms with Crippen LogP contribution in [-0.4, -0.2) is 26.0 Å². The number of aromatic nitrogens is 3. The van der Waals surface area contributed by atoms with Crippen LogP contribution in [0.5, 0.6) is 0 Å². The molecule has 6 nitrogen and oxygen atoms in total. The molecule has 0 bridgehead atoms. The molecule has 0 fully saturated rings. The smallest absolute Gasteiger partial charge is 0.257 e. The molecule has 0 aliphatic rings. The lowest BCUT2D eigenvalue weighted by molar-refractivity contribution is 0.0977. The van der Waals surface area contributed by atoms with E-state index in [1.54, 1.807) is 16.9 Å². The number of carbonyl (C=O) groups is 1. The quantitative estimate of drug-likeness (QED) is 0.420. The van der Waals surface area contributed by atoms with Gasteiger partial charge in [0, 0.05) is 11.3 Å². The summed E-state index contributed by atoms with van der Waals surface area (Å²) in [6.07, 6.45) is 0. The first-order chi connectivity index (χ1) is 15.3. The van der Waals surface area contributed by atoms with Crippen LogP contribution in [0.4, 0.5) is 5.69 Å². The Hall–Kier alpha value is -3.58. The Morgan fingerprint density at radius 3 is 2.19 bits per heavy atom. The molecule has 0 unspecified atom stereocenters. The van der Waals surface area contributed by atoms with Gasteiger partial charge in [-0.25, -0.2) is 0 Å². The molecular weight excluding hydrogens is 418 g/mol. The molecular formula is C25H25N5OS. The van der Waals surface area contributed by atoms with Crippen LogP contribution >= 0.6 is 12.2 Å². The maximum Gasteiger partial charge on any atom is 0.257 e. The number of hydrogen-bond acceptors (Lipinski definition) is 4. The predicted molar refractivity (Wildman–Crippen MR) is 133 cm³/mol. The molecule has 0 saturated heterocycles. The minimum Gasteiger partial charge on any atom is -0.332 e. The van der Waals surface area contributed by atoms with Crippen LogP contribution in [0.15, 0.2) is 60.7 Å². The highest BCUT2D eigenvalue weighted by Gasteiger charge is 2.12. The van der Waals surface area contributed by atoms with E-state index in [9.17, 15) is 4.79 Å². The number of rotatable bonds is 4. The molecule has 1 amide bonds. The number of thiocarbonyl (C=S) groups is 1. The van der Waals surface area contributed by atoms with E-state index < -0.39 is 0 Å². The van der Waals surface area contributed by atoms with Crippen molar-refractivity contribution in [2.45, 2.75) is 33.6 Å². The maximum absolute atomic E-state index is 12.4. The number of carbonyl (C=O) groups excluding carboxylic acids is 1. The summed E-state index contributed by atoms with van der Waals surface area (Å²) in [7, 11) is 0. The number of anilines is 1. The number of amides is 1. The number of nitrogens with zero attached hydrogens (tertiary/aromatic N) is 3. The molecule has 2 N–H and O–H groups in total. The Morgan fingerprint density at radius 1 is 0.938 bits per heavy atom. The minimum absolute atomic E-state index is 0.231. The Morgan fingerprint density at radius 2 is 1.56 bits per heavy atom. The second kappa shape index (κ2) is 8.88. The summed E-state index contributed by atoms with van der Waals surface area (Å²) < 4.78 is 0. The average Bonchev–Trinajstić information content (AvgIpc) is 3.17. The van der Waals surface area contributed by atoms with Crippen molar-refractivity contribution in [3.63, 3.8) is 0 Å². The molecule has 1 heterocycles. The van der Waals surface area contributed by atoms with Crippen molar-refractivity contribution >= 4 is 40.0 Å². The lowest BCUT2D eigenvalue weighted by Crippen LogP contribution is -2.34. The first-order valence-corrected chi connectivity index (χ1v) is 10.9.